The Hall–Kier alpha value is -2.77. The summed E-state index contributed by atoms with van der Waals surface area (Å²) in [5, 5.41) is 0.528. The zero-order chi connectivity index (χ0) is 28.7. The van der Waals surface area contributed by atoms with Crippen molar-refractivity contribution in [3.05, 3.63) is 42.0 Å². The molecule has 12 heteroatoms. The summed E-state index contributed by atoms with van der Waals surface area (Å²) >= 11 is 1.37. The first-order valence-electron chi connectivity index (χ1n) is 13.5. The summed E-state index contributed by atoms with van der Waals surface area (Å²) in [5.74, 6) is 1.00. The molecule has 1 fully saturated rings. The fourth-order valence-electron chi connectivity index (χ4n) is 4.56. The monoisotopic (exact) mass is 590 g/mol. The van der Waals surface area contributed by atoms with Crippen molar-refractivity contribution < 1.29 is 27.4 Å². The number of nitrogens with zero attached hydrogens (tertiary/aromatic N) is 4. The average molecular weight is 591 g/mol. The maximum Gasteiger partial charge on any atom is 0.260 e. The van der Waals surface area contributed by atoms with Crippen LogP contribution in [0.2, 0.25) is 0 Å². The number of aromatic nitrogens is 1. The molecule has 2 aromatic carbocycles. The first kappa shape index (κ1) is 30.2. The summed E-state index contributed by atoms with van der Waals surface area (Å²) < 4.78 is 44.6. The van der Waals surface area contributed by atoms with E-state index in [4.69, 9.17) is 19.2 Å². The summed E-state index contributed by atoms with van der Waals surface area (Å²) in [7, 11) is 1.13. The lowest BCUT2D eigenvalue weighted by Crippen LogP contribution is -2.39. The Bertz CT molecular complexity index is 1350. The van der Waals surface area contributed by atoms with Crippen LogP contribution in [0.5, 0.6) is 11.5 Å². The van der Waals surface area contributed by atoms with Gasteiger partial charge in [-0.2, -0.15) is 0 Å². The fraction of sp³-hybridized carbons (Fsp3) is 0.500. The third kappa shape index (κ3) is 6.74. The SMILES string of the molecule is CCCCN(C)S(=O)(=O)c1ccc(C(=O)N(CCCN2CCOCC2)c2nc3c(OC)ccc(OC)c3s2)cc1. The molecule has 0 radical (unpaired) electrons. The molecular formula is C28H38N4O6S2. The van der Waals surface area contributed by atoms with Crippen LogP contribution in [0.3, 0.4) is 0 Å². The number of ether oxygens (including phenoxy) is 3. The zero-order valence-electron chi connectivity index (χ0n) is 23.6. The van der Waals surface area contributed by atoms with Gasteiger partial charge in [0.25, 0.3) is 5.91 Å². The number of hydrogen-bond donors (Lipinski definition) is 0. The van der Waals surface area contributed by atoms with Gasteiger partial charge < -0.3 is 14.2 Å². The maximum absolute atomic E-state index is 13.9. The van der Waals surface area contributed by atoms with E-state index in [1.807, 2.05) is 13.0 Å². The molecule has 10 nitrogen and oxygen atoms in total. The van der Waals surface area contributed by atoms with E-state index in [0.717, 1.165) is 43.6 Å². The predicted octanol–water partition coefficient (Wildman–Crippen LogP) is 4.10. The molecular weight excluding hydrogens is 552 g/mol. The molecule has 1 aliphatic rings. The van der Waals surface area contributed by atoms with Gasteiger partial charge in [0.1, 0.15) is 21.7 Å². The van der Waals surface area contributed by atoms with E-state index in [9.17, 15) is 13.2 Å². The van der Waals surface area contributed by atoms with E-state index in [0.29, 0.717) is 54.0 Å². The summed E-state index contributed by atoms with van der Waals surface area (Å²) in [5.41, 5.74) is 1.02. The van der Waals surface area contributed by atoms with Crippen LogP contribution in [-0.2, 0) is 14.8 Å². The Morgan fingerprint density at radius 3 is 2.35 bits per heavy atom. The number of amides is 1. The zero-order valence-corrected chi connectivity index (χ0v) is 25.2. The Balaban J connectivity index is 1.62. The number of hydrogen-bond acceptors (Lipinski definition) is 9. The van der Waals surface area contributed by atoms with Gasteiger partial charge in [-0.05, 0) is 49.2 Å². The minimum Gasteiger partial charge on any atom is -0.495 e. The molecule has 218 valence electrons. The molecule has 0 bridgehead atoms. The summed E-state index contributed by atoms with van der Waals surface area (Å²) in [6.07, 6.45) is 2.42. The van der Waals surface area contributed by atoms with Gasteiger partial charge in [0.2, 0.25) is 10.0 Å². The third-order valence-corrected chi connectivity index (χ3v) is 9.93. The van der Waals surface area contributed by atoms with E-state index in [2.05, 4.69) is 4.90 Å². The predicted molar refractivity (Wildman–Crippen MR) is 157 cm³/mol. The van der Waals surface area contributed by atoms with Gasteiger partial charge in [-0.15, -0.1) is 0 Å². The lowest BCUT2D eigenvalue weighted by Gasteiger charge is -2.27. The van der Waals surface area contributed by atoms with E-state index in [-0.39, 0.29) is 10.8 Å². The van der Waals surface area contributed by atoms with Gasteiger partial charge >= 0.3 is 0 Å². The second-order valence-corrected chi connectivity index (χ2v) is 12.6. The average Bonchev–Trinajstić information content (AvgIpc) is 3.43. The molecule has 1 aliphatic heterocycles. The summed E-state index contributed by atoms with van der Waals surface area (Å²) in [6.45, 7) is 6.89. The molecule has 1 amide bonds. The van der Waals surface area contributed by atoms with Crippen molar-refractivity contribution in [2.24, 2.45) is 0 Å². The van der Waals surface area contributed by atoms with E-state index in [1.165, 1.54) is 27.8 Å². The molecule has 0 unspecified atom stereocenters. The third-order valence-electron chi connectivity index (χ3n) is 6.97. The standard InChI is InChI=1S/C28H38N4O6S2/c1-5-6-14-30(2)40(34,35)22-10-8-21(9-11-22)27(33)32(16-7-15-31-17-19-38-20-18-31)28-29-25-23(36-3)12-13-24(37-4)26(25)39-28/h8-13H,5-7,14-20H2,1-4H3. The second-order valence-electron chi connectivity index (χ2n) is 9.61. The molecule has 0 aliphatic carbocycles. The number of fused-ring (bicyclic) bond motifs is 1. The largest absolute Gasteiger partial charge is 0.495 e. The highest BCUT2D eigenvalue weighted by Gasteiger charge is 2.26. The number of unbranched alkanes of at least 4 members (excludes halogenated alkanes) is 1. The van der Waals surface area contributed by atoms with Gasteiger partial charge in [-0.25, -0.2) is 17.7 Å². The number of morpholine rings is 1. The molecule has 4 rings (SSSR count). The Labute approximate surface area is 240 Å². The Kier molecular flexibility index (Phi) is 10.4. The van der Waals surface area contributed by atoms with E-state index < -0.39 is 10.0 Å². The minimum absolute atomic E-state index is 0.163. The van der Waals surface area contributed by atoms with Crippen molar-refractivity contribution in [1.29, 1.82) is 0 Å². The van der Waals surface area contributed by atoms with E-state index >= 15 is 0 Å². The topological polar surface area (TPSA) is 102 Å². The van der Waals surface area contributed by atoms with Gasteiger partial charge in [-0.1, -0.05) is 24.7 Å². The molecule has 2 heterocycles. The number of thiazole rings is 1. The second kappa shape index (κ2) is 13.7. The van der Waals surface area contributed by atoms with Crippen molar-refractivity contribution in [2.45, 2.75) is 31.1 Å². The van der Waals surface area contributed by atoms with Gasteiger partial charge in [-0.3, -0.25) is 14.6 Å². The van der Waals surface area contributed by atoms with Crippen LogP contribution in [0.4, 0.5) is 5.13 Å². The highest BCUT2D eigenvalue weighted by Crippen LogP contribution is 2.40. The number of rotatable bonds is 13. The Morgan fingerprint density at radius 1 is 1.02 bits per heavy atom. The van der Waals surface area contributed by atoms with Crippen LogP contribution in [0, 0.1) is 0 Å². The molecule has 40 heavy (non-hydrogen) atoms. The molecule has 1 saturated heterocycles. The highest BCUT2D eigenvalue weighted by molar-refractivity contribution is 7.89. The van der Waals surface area contributed by atoms with Crippen molar-refractivity contribution in [1.82, 2.24) is 14.2 Å². The van der Waals surface area contributed by atoms with Crippen LogP contribution in [0.1, 0.15) is 36.5 Å². The molecule has 0 atom stereocenters. The highest BCUT2D eigenvalue weighted by atomic mass is 32.2. The molecule has 0 saturated carbocycles. The van der Waals surface area contributed by atoms with Crippen molar-refractivity contribution in [2.75, 3.05) is 72.1 Å². The fourth-order valence-corrected chi connectivity index (χ4v) is 6.87. The number of methoxy groups -OCH3 is 2. The van der Waals surface area contributed by atoms with Crippen LogP contribution in [0.15, 0.2) is 41.3 Å². The van der Waals surface area contributed by atoms with Crippen molar-refractivity contribution in [3.8, 4) is 11.5 Å². The normalized spacial score (nSPS) is 14.5. The first-order chi connectivity index (χ1) is 19.3. The minimum atomic E-state index is -3.63. The van der Waals surface area contributed by atoms with Crippen LogP contribution in [-0.4, -0.2) is 95.7 Å². The van der Waals surface area contributed by atoms with Crippen molar-refractivity contribution in [3.63, 3.8) is 0 Å². The Morgan fingerprint density at radius 2 is 1.70 bits per heavy atom. The van der Waals surface area contributed by atoms with Gasteiger partial charge in [0.05, 0.1) is 32.3 Å². The van der Waals surface area contributed by atoms with Crippen LogP contribution in [0.25, 0.3) is 10.2 Å². The number of sulfonamides is 1. The quantitative estimate of drug-likeness (QED) is 0.293. The number of anilines is 1. The van der Waals surface area contributed by atoms with Gasteiger partial charge in [0, 0.05) is 45.3 Å². The first-order valence-corrected chi connectivity index (χ1v) is 15.8. The number of carbonyl (C=O) groups excluding carboxylic acids is 1. The van der Waals surface area contributed by atoms with Crippen LogP contribution < -0.4 is 14.4 Å². The molecule has 3 aromatic rings. The molecule has 0 N–H and O–H groups in total. The maximum atomic E-state index is 13.9. The van der Waals surface area contributed by atoms with Crippen LogP contribution >= 0.6 is 11.3 Å². The van der Waals surface area contributed by atoms with Crippen molar-refractivity contribution >= 4 is 42.6 Å². The lowest BCUT2D eigenvalue weighted by atomic mass is 10.2. The summed E-state index contributed by atoms with van der Waals surface area (Å²) in [6, 6.07) is 9.78. The smallest absolute Gasteiger partial charge is 0.260 e. The molecule has 1 aromatic heterocycles. The lowest BCUT2D eigenvalue weighted by molar-refractivity contribution is 0.0376. The van der Waals surface area contributed by atoms with E-state index in [1.54, 1.807) is 44.4 Å². The molecule has 0 spiro atoms. The summed E-state index contributed by atoms with van der Waals surface area (Å²) in [4.78, 5) is 22.8. The number of benzene rings is 2. The van der Waals surface area contributed by atoms with Gasteiger partial charge in [0.15, 0.2) is 5.13 Å². The number of carbonyl (C=O) groups is 1.